The molecule has 264 valence electrons. The number of hydrogen-bond acceptors (Lipinski definition) is 9. The van der Waals surface area contributed by atoms with E-state index in [9.17, 15) is 14.0 Å². The van der Waals surface area contributed by atoms with Crippen molar-refractivity contribution < 1.29 is 43.4 Å². The zero-order chi connectivity index (χ0) is 34.5. The fourth-order valence-corrected chi connectivity index (χ4v) is 6.84. The number of fused-ring (bicyclic) bond motifs is 3. The van der Waals surface area contributed by atoms with Gasteiger partial charge >= 0.3 is 12.1 Å². The standard InChI is InChI=1S/C36H35Cl2FN4O6.H2O/c1-46-31-8-7-25(13-33(31)47-2)32(15-28-29(37)18-41-19-30(28)38)48-35(44)24-5-3-22(4-6-24)20-43(27-14-26(39)16-40-17-27)36(45)49-34-21-42-11-9-23(34)10-12-42;/h3-8,13-14,16-19,23,32,34H,9-12,15,20-21H2,1-2H3;1H2/t32-,34-;/m0./s1. The molecule has 2 N–H and O–H groups in total. The van der Waals surface area contributed by atoms with Crippen LogP contribution in [0, 0.1) is 11.7 Å². The summed E-state index contributed by atoms with van der Waals surface area (Å²) in [5.74, 6) is 0.134. The van der Waals surface area contributed by atoms with Crippen LogP contribution in [0.3, 0.4) is 0 Å². The number of carbonyl (C=O) groups excluding carboxylic acids is 2. The van der Waals surface area contributed by atoms with Crippen LogP contribution in [0.5, 0.6) is 11.5 Å². The topological polar surface area (TPSA) is 135 Å². The number of piperidine rings is 3. The smallest absolute Gasteiger partial charge is 0.414 e. The van der Waals surface area contributed by atoms with Crippen molar-refractivity contribution in [3.8, 4) is 11.5 Å². The summed E-state index contributed by atoms with van der Waals surface area (Å²) in [6, 6.07) is 13.1. The predicted octanol–water partition coefficient (Wildman–Crippen LogP) is 6.56. The Labute approximate surface area is 299 Å². The zero-order valence-corrected chi connectivity index (χ0v) is 29.0. The Morgan fingerprint density at radius 1 is 1.00 bits per heavy atom. The van der Waals surface area contributed by atoms with Crippen molar-refractivity contribution in [2.24, 2.45) is 5.92 Å². The number of carbonyl (C=O) groups is 2. The molecule has 2 aromatic heterocycles. The van der Waals surface area contributed by atoms with Gasteiger partial charge in [-0.15, -0.1) is 0 Å². The van der Waals surface area contributed by atoms with Crippen LogP contribution < -0.4 is 19.4 Å². The molecule has 3 fully saturated rings. The number of ether oxygens (including phenoxy) is 4. The molecule has 7 rings (SSSR count). The molecule has 0 saturated carbocycles. The first-order chi connectivity index (χ1) is 23.7. The first kappa shape index (κ1) is 36.8. The first-order valence-corrected chi connectivity index (χ1v) is 16.6. The van der Waals surface area contributed by atoms with Gasteiger partial charge in [0.05, 0.1) is 44.4 Å². The summed E-state index contributed by atoms with van der Waals surface area (Å²) < 4.78 is 37.1. The van der Waals surface area contributed by atoms with Crippen molar-refractivity contribution >= 4 is 41.0 Å². The van der Waals surface area contributed by atoms with Crippen LogP contribution in [0.1, 0.15) is 46.0 Å². The molecule has 14 heteroatoms. The van der Waals surface area contributed by atoms with Crippen molar-refractivity contribution in [3.05, 3.63) is 111 Å². The van der Waals surface area contributed by atoms with Gasteiger partial charge in [0.25, 0.3) is 0 Å². The molecule has 3 saturated heterocycles. The fraction of sp³-hybridized carbons (Fsp3) is 0.333. The summed E-state index contributed by atoms with van der Waals surface area (Å²) in [5.41, 5.74) is 2.47. The molecule has 11 nitrogen and oxygen atoms in total. The number of esters is 1. The van der Waals surface area contributed by atoms with Crippen molar-refractivity contribution in [3.63, 3.8) is 0 Å². The fourth-order valence-electron chi connectivity index (χ4n) is 6.31. The van der Waals surface area contributed by atoms with Crippen molar-refractivity contribution in [1.29, 1.82) is 0 Å². The van der Waals surface area contributed by atoms with E-state index in [0.29, 0.717) is 50.7 Å². The molecule has 5 heterocycles. The summed E-state index contributed by atoms with van der Waals surface area (Å²) in [6.07, 6.45) is 6.25. The average molecular weight is 728 g/mol. The lowest BCUT2D eigenvalue weighted by Gasteiger charge is -2.44. The summed E-state index contributed by atoms with van der Waals surface area (Å²) >= 11 is 12.9. The second-order valence-electron chi connectivity index (χ2n) is 12.0. The van der Waals surface area contributed by atoms with Gasteiger partial charge in [0.1, 0.15) is 28.1 Å². The zero-order valence-electron chi connectivity index (χ0n) is 27.5. The SMILES string of the molecule is COc1ccc([C@H](Cc2c(Cl)c[nH+]cc2Cl)OC(=O)c2ccc(CN(C(=O)O[C@H]3CN4CCC3CC4)c3cncc(F)c3)cc2)cc1OC.[OH-]. The van der Waals surface area contributed by atoms with Crippen molar-refractivity contribution in [1.82, 2.24) is 9.88 Å². The normalized spacial score (nSPS) is 18.4. The van der Waals surface area contributed by atoms with E-state index < -0.39 is 24.0 Å². The highest BCUT2D eigenvalue weighted by Crippen LogP contribution is 2.36. The highest BCUT2D eigenvalue weighted by Gasteiger charge is 2.37. The van der Waals surface area contributed by atoms with E-state index in [-0.39, 0.29) is 35.8 Å². The van der Waals surface area contributed by atoms with Crippen LogP contribution >= 0.6 is 23.2 Å². The van der Waals surface area contributed by atoms with E-state index in [2.05, 4.69) is 14.9 Å². The number of benzene rings is 2. The third kappa shape index (κ3) is 8.44. The molecule has 2 aromatic carbocycles. The number of hydrogen-bond donors (Lipinski definition) is 0. The Bertz CT molecular complexity index is 1790. The van der Waals surface area contributed by atoms with Gasteiger partial charge in [-0.2, -0.15) is 0 Å². The number of methoxy groups -OCH3 is 2. The minimum absolute atomic E-state index is 0. The average Bonchev–Trinajstić information content (AvgIpc) is 3.12. The maximum absolute atomic E-state index is 14.2. The monoisotopic (exact) mass is 726 g/mol. The number of nitrogens with zero attached hydrogens (tertiary/aromatic N) is 3. The number of aromatic amines is 1. The lowest BCUT2D eigenvalue weighted by Crippen LogP contribution is -2.53. The number of rotatable bonds is 11. The molecule has 0 spiro atoms. The van der Waals surface area contributed by atoms with Crippen LogP contribution in [-0.4, -0.2) is 67.4 Å². The highest BCUT2D eigenvalue weighted by atomic mass is 35.5. The van der Waals surface area contributed by atoms with Crippen LogP contribution in [-0.2, 0) is 22.4 Å². The van der Waals surface area contributed by atoms with Gasteiger partial charge in [0.2, 0.25) is 0 Å². The summed E-state index contributed by atoms with van der Waals surface area (Å²) in [5, 5.41) is 0.784. The van der Waals surface area contributed by atoms with E-state index >= 15 is 0 Å². The van der Waals surface area contributed by atoms with Crippen LogP contribution in [0.25, 0.3) is 0 Å². The molecular weight excluding hydrogens is 690 g/mol. The molecule has 50 heavy (non-hydrogen) atoms. The maximum atomic E-state index is 14.2. The van der Waals surface area contributed by atoms with Gasteiger partial charge in [0, 0.05) is 24.6 Å². The largest absolute Gasteiger partial charge is 0.870 e. The first-order valence-electron chi connectivity index (χ1n) is 15.9. The Balaban J connectivity index is 0.00000486. The highest BCUT2D eigenvalue weighted by molar-refractivity contribution is 6.35. The van der Waals surface area contributed by atoms with Gasteiger partial charge in [-0.25, -0.2) is 19.0 Å². The van der Waals surface area contributed by atoms with Gasteiger partial charge in [-0.3, -0.25) is 14.8 Å². The number of anilines is 1. The summed E-state index contributed by atoms with van der Waals surface area (Å²) in [6.45, 7) is 2.77. The third-order valence-electron chi connectivity index (χ3n) is 9.02. The van der Waals surface area contributed by atoms with E-state index in [1.54, 1.807) is 54.9 Å². The van der Waals surface area contributed by atoms with Crippen molar-refractivity contribution in [2.45, 2.75) is 38.0 Å². The van der Waals surface area contributed by atoms with Gasteiger partial charge in [-0.05, 0) is 67.2 Å². The lowest BCUT2D eigenvalue weighted by atomic mass is 9.86. The third-order valence-corrected chi connectivity index (χ3v) is 9.69. The minimum atomic E-state index is -0.790. The Morgan fingerprint density at radius 3 is 2.32 bits per heavy atom. The second-order valence-corrected chi connectivity index (χ2v) is 12.9. The second kappa shape index (κ2) is 16.5. The molecule has 3 aliphatic rings. The minimum Gasteiger partial charge on any atom is -0.870 e. The van der Waals surface area contributed by atoms with Gasteiger partial charge in [-0.1, -0.05) is 41.4 Å². The molecule has 2 bridgehead atoms. The van der Waals surface area contributed by atoms with Gasteiger partial charge in [0.15, 0.2) is 23.9 Å². The molecule has 2 atom stereocenters. The number of halogens is 3. The molecule has 1 amide bonds. The summed E-state index contributed by atoms with van der Waals surface area (Å²) in [4.78, 5) is 37.6. The number of H-pyrrole nitrogens is 1. The molecule has 4 aromatic rings. The maximum Gasteiger partial charge on any atom is 0.414 e. The Kier molecular flexibility index (Phi) is 12.1. The van der Waals surface area contributed by atoms with Crippen molar-refractivity contribution in [2.75, 3.05) is 38.8 Å². The quantitative estimate of drug-likeness (QED) is 0.158. The van der Waals surface area contributed by atoms with Crippen LogP contribution in [0.4, 0.5) is 14.9 Å². The summed E-state index contributed by atoms with van der Waals surface area (Å²) in [7, 11) is 3.06. The molecule has 0 radical (unpaired) electrons. The van der Waals surface area contributed by atoms with Gasteiger partial charge < -0.3 is 24.4 Å². The van der Waals surface area contributed by atoms with E-state index in [1.807, 2.05) is 0 Å². The molecule has 0 aliphatic carbocycles. The number of aromatic nitrogens is 2. The van der Waals surface area contributed by atoms with E-state index in [1.165, 1.54) is 31.4 Å². The van der Waals surface area contributed by atoms with Crippen LogP contribution in [0.15, 0.2) is 73.3 Å². The Hall–Kier alpha value is -4.49. The van der Waals surface area contributed by atoms with Crippen LogP contribution in [0.2, 0.25) is 10.0 Å². The van der Waals surface area contributed by atoms with E-state index in [0.717, 1.165) is 32.1 Å². The Morgan fingerprint density at radius 2 is 1.70 bits per heavy atom. The molecule has 0 unspecified atom stereocenters. The molecular formula is C36H37Cl2FN4O7. The number of pyridine rings is 2. The number of amides is 1. The number of nitrogens with one attached hydrogen (secondary N) is 1. The van der Waals surface area contributed by atoms with E-state index in [4.69, 9.17) is 42.1 Å². The molecule has 3 aliphatic heterocycles. The predicted molar refractivity (Wildman–Crippen MR) is 183 cm³/mol. The lowest BCUT2D eigenvalue weighted by molar-refractivity contribution is -0.377.